The van der Waals surface area contributed by atoms with Crippen LogP contribution >= 0.6 is 0 Å². The Morgan fingerprint density at radius 3 is 2.79 bits per heavy atom. The first-order valence-electron chi connectivity index (χ1n) is 6.44. The third-order valence-corrected chi connectivity index (χ3v) is 3.44. The van der Waals surface area contributed by atoms with Gasteiger partial charge in [-0.25, -0.2) is 0 Å². The van der Waals surface area contributed by atoms with Gasteiger partial charge in [0.05, 0.1) is 0 Å². The first kappa shape index (κ1) is 13.5. The van der Waals surface area contributed by atoms with Crippen molar-refractivity contribution >= 4 is 11.8 Å². The minimum absolute atomic E-state index is 0.0384. The molecule has 1 aliphatic heterocycles. The fourth-order valence-electron chi connectivity index (χ4n) is 2.23. The van der Waals surface area contributed by atoms with E-state index in [2.05, 4.69) is 10.3 Å². The number of nitrogens with zero attached hydrogens (tertiary/aromatic N) is 2. The molecule has 0 saturated carbocycles. The normalized spacial score (nSPS) is 22.3. The lowest BCUT2D eigenvalue weighted by Crippen LogP contribution is -2.67. The monoisotopic (exact) mass is 261 g/mol. The molecule has 0 bridgehead atoms. The maximum absolute atomic E-state index is 12.3. The van der Waals surface area contributed by atoms with Gasteiger partial charge in [0.15, 0.2) is 0 Å². The summed E-state index contributed by atoms with van der Waals surface area (Å²) in [7, 11) is 0. The zero-order chi connectivity index (χ0) is 14.0. The Hall–Kier alpha value is -1.91. The van der Waals surface area contributed by atoms with Crippen LogP contribution < -0.4 is 5.32 Å². The van der Waals surface area contributed by atoms with Gasteiger partial charge in [-0.1, -0.05) is 6.07 Å². The number of hydrogen-bond acceptors (Lipinski definition) is 3. The molecule has 1 aliphatic rings. The Morgan fingerprint density at radius 1 is 1.42 bits per heavy atom. The minimum atomic E-state index is -0.821. The maximum Gasteiger partial charge on any atom is 0.248 e. The number of carbonyl (C=O) groups is 2. The van der Waals surface area contributed by atoms with Crippen LogP contribution in [0.2, 0.25) is 0 Å². The van der Waals surface area contributed by atoms with Crippen LogP contribution in [0.3, 0.4) is 0 Å². The Morgan fingerprint density at radius 2 is 2.16 bits per heavy atom. The molecule has 2 rings (SSSR count). The lowest BCUT2D eigenvalue weighted by atomic mass is 9.97. The molecule has 0 spiro atoms. The van der Waals surface area contributed by atoms with Crippen molar-refractivity contribution < 1.29 is 9.59 Å². The zero-order valence-corrected chi connectivity index (χ0v) is 11.5. The molecule has 1 N–H and O–H groups in total. The first-order valence-corrected chi connectivity index (χ1v) is 6.44. The molecule has 0 aliphatic carbocycles. The Kier molecular flexibility index (Phi) is 3.55. The summed E-state index contributed by atoms with van der Waals surface area (Å²) in [4.78, 5) is 29.9. The molecular formula is C14H19N3O2. The van der Waals surface area contributed by atoms with Crippen molar-refractivity contribution in [2.75, 3.05) is 6.54 Å². The Bertz CT molecular complexity index is 485. The summed E-state index contributed by atoms with van der Waals surface area (Å²) in [5.74, 6) is -0.140. The minimum Gasteiger partial charge on any atom is -0.340 e. The van der Waals surface area contributed by atoms with E-state index in [1.807, 2.05) is 12.1 Å². The predicted molar refractivity (Wildman–Crippen MR) is 71.3 cm³/mol. The van der Waals surface area contributed by atoms with Crippen molar-refractivity contribution in [3.63, 3.8) is 0 Å². The van der Waals surface area contributed by atoms with Gasteiger partial charge in [-0.15, -0.1) is 0 Å². The van der Waals surface area contributed by atoms with Crippen LogP contribution in [0.4, 0.5) is 0 Å². The second-order valence-corrected chi connectivity index (χ2v) is 5.40. The molecule has 1 aromatic rings. The average molecular weight is 261 g/mol. The van der Waals surface area contributed by atoms with Gasteiger partial charge in [0.25, 0.3) is 0 Å². The SMILES string of the molecule is CC1C(=O)NC(C)(C)C(=O)N1CCc1cccnc1. The fourth-order valence-corrected chi connectivity index (χ4v) is 2.23. The number of hydrogen-bond donors (Lipinski definition) is 1. The van der Waals surface area contributed by atoms with E-state index in [4.69, 9.17) is 0 Å². The summed E-state index contributed by atoms with van der Waals surface area (Å²) in [6, 6.07) is 3.42. The van der Waals surface area contributed by atoms with E-state index in [1.165, 1.54) is 0 Å². The van der Waals surface area contributed by atoms with Gasteiger partial charge in [0.1, 0.15) is 11.6 Å². The zero-order valence-electron chi connectivity index (χ0n) is 11.5. The number of piperazine rings is 1. The van der Waals surface area contributed by atoms with Crippen molar-refractivity contribution in [2.24, 2.45) is 0 Å². The lowest BCUT2D eigenvalue weighted by Gasteiger charge is -2.41. The highest BCUT2D eigenvalue weighted by atomic mass is 16.2. The number of aromatic nitrogens is 1. The summed E-state index contributed by atoms with van der Waals surface area (Å²) in [6.45, 7) is 5.75. The highest BCUT2D eigenvalue weighted by Crippen LogP contribution is 2.18. The second-order valence-electron chi connectivity index (χ2n) is 5.40. The quantitative estimate of drug-likeness (QED) is 0.873. The van der Waals surface area contributed by atoms with Crippen molar-refractivity contribution in [2.45, 2.75) is 38.8 Å². The molecule has 0 aromatic carbocycles. The molecule has 0 radical (unpaired) electrons. The van der Waals surface area contributed by atoms with Crippen LogP contribution in [0, 0.1) is 0 Å². The van der Waals surface area contributed by atoms with E-state index in [9.17, 15) is 9.59 Å². The van der Waals surface area contributed by atoms with Crippen molar-refractivity contribution in [1.82, 2.24) is 15.2 Å². The molecule has 5 heteroatoms. The van der Waals surface area contributed by atoms with Gasteiger partial charge >= 0.3 is 0 Å². The van der Waals surface area contributed by atoms with Crippen LogP contribution in [0.1, 0.15) is 26.3 Å². The van der Waals surface area contributed by atoms with Crippen molar-refractivity contribution in [3.8, 4) is 0 Å². The van der Waals surface area contributed by atoms with Crippen molar-refractivity contribution in [1.29, 1.82) is 0 Å². The Labute approximate surface area is 113 Å². The van der Waals surface area contributed by atoms with Gasteiger partial charge in [-0.3, -0.25) is 14.6 Å². The third kappa shape index (κ3) is 2.75. The molecule has 1 fully saturated rings. The smallest absolute Gasteiger partial charge is 0.248 e. The Balaban J connectivity index is 2.09. The lowest BCUT2D eigenvalue weighted by molar-refractivity contribution is -0.152. The molecule has 1 saturated heterocycles. The predicted octanol–water partition coefficient (Wildman–Crippen LogP) is 0.750. The standard InChI is InChI=1S/C14H19N3O2/c1-10-12(18)16-14(2,3)13(19)17(10)8-6-11-5-4-7-15-9-11/h4-5,7,9-10H,6,8H2,1-3H3,(H,16,18). The van der Waals surface area contributed by atoms with E-state index < -0.39 is 11.6 Å². The largest absolute Gasteiger partial charge is 0.340 e. The molecule has 1 atom stereocenters. The molecule has 2 heterocycles. The van der Waals surface area contributed by atoms with E-state index in [0.29, 0.717) is 13.0 Å². The number of rotatable bonds is 3. The number of amides is 2. The van der Waals surface area contributed by atoms with E-state index in [-0.39, 0.29) is 11.8 Å². The van der Waals surface area contributed by atoms with E-state index >= 15 is 0 Å². The van der Waals surface area contributed by atoms with Gasteiger partial charge in [0, 0.05) is 18.9 Å². The van der Waals surface area contributed by atoms with E-state index in [0.717, 1.165) is 5.56 Å². The molecule has 1 aromatic heterocycles. The van der Waals surface area contributed by atoms with Gasteiger partial charge in [-0.05, 0) is 38.8 Å². The number of nitrogens with one attached hydrogen (secondary N) is 1. The second kappa shape index (κ2) is 4.99. The van der Waals surface area contributed by atoms with Crippen molar-refractivity contribution in [3.05, 3.63) is 30.1 Å². The van der Waals surface area contributed by atoms with Gasteiger partial charge in [0.2, 0.25) is 11.8 Å². The van der Waals surface area contributed by atoms with E-state index in [1.54, 1.807) is 38.1 Å². The van der Waals surface area contributed by atoms with Crippen LogP contribution in [0.15, 0.2) is 24.5 Å². The van der Waals surface area contributed by atoms with Crippen LogP contribution in [0.25, 0.3) is 0 Å². The van der Waals surface area contributed by atoms with Crippen LogP contribution in [0.5, 0.6) is 0 Å². The molecule has 5 nitrogen and oxygen atoms in total. The summed E-state index contributed by atoms with van der Waals surface area (Å²) in [6.07, 6.45) is 4.20. The summed E-state index contributed by atoms with van der Waals surface area (Å²) >= 11 is 0. The summed E-state index contributed by atoms with van der Waals surface area (Å²) < 4.78 is 0. The molecular weight excluding hydrogens is 242 g/mol. The highest BCUT2D eigenvalue weighted by molar-refractivity contribution is 5.99. The number of carbonyl (C=O) groups excluding carboxylic acids is 2. The third-order valence-electron chi connectivity index (χ3n) is 3.44. The van der Waals surface area contributed by atoms with Gasteiger partial charge < -0.3 is 10.2 Å². The molecule has 2 amide bonds. The van der Waals surface area contributed by atoms with Crippen LogP contribution in [-0.2, 0) is 16.0 Å². The van der Waals surface area contributed by atoms with Gasteiger partial charge in [-0.2, -0.15) is 0 Å². The molecule has 19 heavy (non-hydrogen) atoms. The molecule has 102 valence electrons. The average Bonchev–Trinajstić information content (AvgIpc) is 2.37. The summed E-state index contributed by atoms with van der Waals surface area (Å²) in [5.41, 5.74) is 0.240. The fraction of sp³-hybridized carbons (Fsp3) is 0.500. The maximum atomic E-state index is 12.3. The van der Waals surface area contributed by atoms with Crippen LogP contribution in [-0.4, -0.2) is 39.8 Å². The first-order chi connectivity index (χ1) is 8.92. The summed E-state index contributed by atoms with van der Waals surface area (Å²) in [5, 5.41) is 2.74. The highest BCUT2D eigenvalue weighted by Gasteiger charge is 2.42. The number of pyridine rings is 1. The topological polar surface area (TPSA) is 62.3 Å². The molecule has 1 unspecified atom stereocenters.